The molecule has 4 nitrogen and oxygen atoms in total. The Morgan fingerprint density at radius 3 is 3.05 bits per heavy atom. The first-order valence-corrected chi connectivity index (χ1v) is 7.81. The summed E-state index contributed by atoms with van der Waals surface area (Å²) in [6.07, 6.45) is 2.35. The lowest BCUT2D eigenvalue weighted by atomic mass is 10.1. The monoisotopic (exact) mass is 280 g/mol. The fourth-order valence-electron chi connectivity index (χ4n) is 2.41. The molecule has 1 aromatic rings. The number of guanidine groups is 1. The van der Waals surface area contributed by atoms with Crippen LogP contribution >= 0.6 is 11.3 Å². The second-order valence-electron chi connectivity index (χ2n) is 5.13. The van der Waals surface area contributed by atoms with Gasteiger partial charge < -0.3 is 15.5 Å². The predicted molar refractivity (Wildman–Crippen MR) is 83.0 cm³/mol. The first kappa shape index (κ1) is 14.3. The highest BCUT2D eigenvalue weighted by Crippen LogP contribution is 2.12. The molecule has 0 aromatic carbocycles. The molecule has 1 atom stereocenters. The molecule has 0 radical (unpaired) electrons. The van der Waals surface area contributed by atoms with Crippen LogP contribution in [0.15, 0.2) is 22.5 Å². The molecule has 0 saturated carbocycles. The first-order chi connectivity index (χ1) is 9.28. The van der Waals surface area contributed by atoms with E-state index in [9.17, 15) is 0 Å². The van der Waals surface area contributed by atoms with Crippen molar-refractivity contribution < 1.29 is 0 Å². The third-order valence-corrected chi connectivity index (χ3v) is 4.45. The smallest absolute Gasteiger partial charge is 0.190 e. The van der Waals surface area contributed by atoms with E-state index in [0.717, 1.165) is 31.4 Å². The van der Waals surface area contributed by atoms with Gasteiger partial charge in [0.1, 0.15) is 0 Å². The van der Waals surface area contributed by atoms with Crippen LogP contribution in [0.2, 0.25) is 0 Å². The minimum atomic E-state index is 0.751. The molecule has 1 fully saturated rings. The van der Waals surface area contributed by atoms with Crippen LogP contribution in [0.3, 0.4) is 0 Å². The molecular formula is C14H24N4S. The Labute approximate surface area is 119 Å². The van der Waals surface area contributed by atoms with Gasteiger partial charge in [0.05, 0.1) is 0 Å². The third-order valence-electron chi connectivity index (χ3n) is 3.51. The third kappa shape index (κ3) is 4.84. The molecule has 2 N–H and O–H groups in total. The Morgan fingerprint density at radius 2 is 2.42 bits per heavy atom. The molecule has 0 bridgehead atoms. The highest BCUT2D eigenvalue weighted by atomic mass is 32.1. The van der Waals surface area contributed by atoms with Gasteiger partial charge in [-0.2, -0.15) is 0 Å². The van der Waals surface area contributed by atoms with Gasteiger partial charge in [-0.1, -0.05) is 6.07 Å². The summed E-state index contributed by atoms with van der Waals surface area (Å²) in [6.45, 7) is 4.36. The second-order valence-corrected chi connectivity index (χ2v) is 6.16. The molecule has 0 spiro atoms. The minimum Gasteiger partial charge on any atom is -0.356 e. The topological polar surface area (TPSA) is 39.7 Å². The molecule has 0 aliphatic carbocycles. The molecule has 106 valence electrons. The normalized spacial score (nSPS) is 20.7. The summed E-state index contributed by atoms with van der Waals surface area (Å²) in [7, 11) is 4.02. The number of hydrogen-bond donors (Lipinski definition) is 2. The Bertz CT molecular complexity index is 388. The van der Waals surface area contributed by atoms with Crippen LogP contribution in [0.5, 0.6) is 0 Å². The van der Waals surface area contributed by atoms with Crippen LogP contribution in [0, 0.1) is 5.92 Å². The van der Waals surface area contributed by atoms with Crippen LogP contribution in [0.1, 0.15) is 11.3 Å². The summed E-state index contributed by atoms with van der Waals surface area (Å²) in [5.74, 6) is 1.67. The van der Waals surface area contributed by atoms with Gasteiger partial charge in [0.2, 0.25) is 0 Å². The summed E-state index contributed by atoms with van der Waals surface area (Å²) in [5, 5.41) is 8.93. The number of nitrogens with zero attached hydrogens (tertiary/aromatic N) is 2. The van der Waals surface area contributed by atoms with Gasteiger partial charge in [0, 0.05) is 31.6 Å². The Kier molecular flexibility index (Phi) is 5.66. The maximum absolute atomic E-state index is 4.27. The van der Waals surface area contributed by atoms with E-state index in [0.29, 0.717) is 0 Å². The first-order valence-electron chi connectivity index (χ1n) is 6.93. The fourth-order valence-corrected chi connectivity index (χ4v) is 3.12. The Balaban J connectivity index is 1.63. The molecule has 5 heteroatoms. The van der Waals surface area contributed by atoms with Gasteiger partial charge >= 0.3 is 0 Å². The van der Waals surface area contributed by atoms with Gasteiger partial charge in [-0.05, 0) is 43.8 Å². The molecule has 2 heterocycles. The minimum absolute atomic E-state index is 0.751. The zero-order chi connectivity index (χ0) is 13.5. The van der Waals surface area contributed by atoms with Gasteiger partial charge in [0.15, 0.2) is 5.96 Å². The molecule has 2 rings (SSSR count). The maximum atomic E-state index is 4.27. The standard InChI is InChI=1S/C14H24N4S/c1-15-14(16-7-5-13-4-3-9-19-13)17-10-12-6-8-18(2)11-12/h3-4,9,12H,5-8,10-11H2,1-2H3,(H2,15,16,17). The lowest BCUT2D eigenvalue weighted by Gasteiger charge is -2.15. The van der Waals surface area contributed by atoms with Crippen LogP contribution in [-0.4, -0.2) is 51.1 Å². The van der Waals surface area contributed by atoms with Gasteiger partial charge in [-0.15, -0.1) is 11.3 Å². The molecule has 1 unspecified atom stereocenters. The number of nitrogens with one attached hydrogen (secondary N) is 2. The zero-order valence-electron chi connectivity index (χ0n) is 11.9. The van der Waals surface area contributed by atoms with Crippen molar-refractivity contribution in [2.75, 3.05) is 40.3 Å². The molecular weight excluding hydrogens is 256 g/mol. The van der Waals surface area contributed by atoms with E-state index in [-0.39, 0.29) is 0 Å². The van der Waals surface area contributed by atoms with E-state index in [2.05, 4.69) is 45.1 Å². The van der Waals surface area contributed by atoms with Crippen molar-refractivity contribution in [3.63, 3.8) is 0 Å². The van der Waals surface area contributed by atoms with E-state index in [1.165, 1.54) is 24.4 Å². The predicted octanol–water partition coefficient (Wildman–Crippen LogP) is 1.41. The Morgan fingerprint density at radius 1 is 1.53 bits per heavy atom. The molecule has 0 amide bonds. The van der Waals surface area contributed by atoms with Gasteiger partial charge in [-0.3, -0.25) is 4.99 Å². The largest absolute Gasteiger partial charge is 0.356 e. The van der Waals surface area contributed by atoms with Crippen LogP contribution in [-0.2, 0) is 6.42 Å². The average Bonchev–Trinajstić information content (AvgIpc) is 3.05. The number of likely N-dealkylation sites (tertiary alicyclic amines) is 1. The summed E-state index contributed by atoms with van der Waals surface area (Å²) >= 11 is 1.81. The fraction of sp³-hybridized carbons (Fsp3) is 0.643. The van der Waals surface area contributed by atoms with Crippen molar-refractivity contribution in [3.8, 4) is 0 Å². The van der Waals surface area contributed by atoms with Crippen LogP contribution in [0.25, 0.3) is 0 Å². The summed E-state index contributed by atoms with van der Waals surface area (Å²) < 4.78 is 0. The Hall–Kier alpha value is -1.07. The molecule has 19 heavy (non-hydrogen) atoms. The maximum Gasteiger partial charge on any atom is 0.190 e. The number of hydrogen-bond acceptors (Lipinski definition) is 3. The van der Waals surface area contributed by atoms with Gasteiger partial charge in [-0.25, -0.2) is 0 Å². The van der Waals surface area contributed by atoms with E-state index >= 15 is 0 Å². The van der Waals surface area contributed by atoms with Crippen molar-refractivity contribution in [1.29, 1.82) is 0 Å². The van der Waals surface area contributed by atoms with Crippen molar-refractivity contribution >= 4 is 17.3 Å². The van der Waals surface area contributed by atoms with E-state index in [4.69, 9.17) is 0 Å². The van der Waals surface area contributed by atoms with Crippen LogP contribution in [0.4, 0.5) is 0 Å². The molecule has 1 aliphatic heterocycles. The molecule has 1 saturated heterocycles. The summed E-state index contributed by atoms with van der Waals surface area (Å²) in [4.78, 5) is 8.08. The SMILES string of the molecule is CN=C(NCCc1cccs1)NCC1CCN(C)C1. The lowest BCUT2D eigenvalue weighted by Crippen LogP contribution is -2.40. The summed E-state index contributed by atoms with van der Waals surface area (Å²) in [6, 6.07) is 4.28. The van der Waals surface area contributed by atoms with Gasteiger partial charge in [0.25, 0.3) is 0 Å². The molecule has 1 aromatic heterocycles. The zero-order valence-corrected chi connectivity index (χ0v) is 12.7. The van der Waals surface area contributed by atoms with E-state index < -0.39 is 0 Å². The van der Waals surface area contributed by atoms with Crippen molar-refractivity contribution in [1.82, 2.24) is 15.5 Å². The highest BCUT2D eigenvalue weighted by molar-refractivity contribution is 7.09. The number of aliphatic imine (C=N–C) groups is 1. The van der Waals surface area contributed by atoms with Crippen molar-refractivity contribution in [2.45, 2.75) is 12.8 Å². The van der Waals surface area contributed by atoms with E-state index in [1.54, 1.807) is 0 Å². The summed E-state index contributed by atoms with van der Waals surface area (Å²) in [5.41, 5.74) is 0. The lowest BCUT2D eigenvalue weighted by molar-refractivity contribution is 0.394. The average molecular weight is 280 g/mol. The van der Waals surface area contributed by atoms with E-state index in [1.807, 2.05) is 18.4 Å². The quantitative estimate of drug-likeness (QED) is 0.633. The number of thiophene rings is 1. The number of rotatable bonds is 5. The van der Waals surface area contributed by atoms with Crippen molar-refractivity contribution in [2.24, 2.45) is 10.9 Å². The van der Waals surface area contributed by atoms with Crippen molar-refractivity contribution in [3.05, 3.63) is 22.4 Å². The highest BCUT2D eigenvalue weighted by Gasteiger charge is 2.19. The molecule has 1 aliphatic rings. The van der Waals surface area contributed by atoms with Crippen LogP contribution < -0.4 is 10.6 Å². The second kappa shape index (κ2) is 7.50.